The molecule has 0 saturated carbocycles. The number of rotatable bonds is 4. The van der Waals surface area contributed by atoms with Crippen LogP contribution in [0, 0.1) is 5.92 Å². The predicted molar refractivity (Wildman–Crippen MR) is 90.5 cm³/mol. The Hall–Kier alpha value is 0.490. The molecule has 19 heavy (non-hydrogen) atoms. The van der Waals surface area contributed by atoms with Gasteiger partial charge in [-0.05, 0) is 17.4 Å². The summed E-state index contributed by atoms with van der Waals surface area (Å²) < 4.78 is 0. The maximum Gasteiger partial charge on any atom is 0.0561 e. The quantitative estimate of drug-likeness (QED) is 0.878. The second-order valence-corrected chi connectivity index (χ2v) is 6.10. The third-order valence-corrected chi connectivity index (χ3v) is 5.07. The molecule has 1 unspecified atom stereocenters. The molecular formula is C13H23Cl3N2S. The van der Waals surface area contributed by atoms with Crippen LogP contribution in [-0.4, -0.2) is 31.1 Å². The molecule has 0 bridgehead atoms. The Labute approximate surface area is 137 Å². The van der Waals surface area contributed by atoms with Crippen LogP contribution in [0.15, 0.2) is 11.4 Å². The zero-order chi connectivity index (χ0) is 12.3. The monoisotopic (exact) mass is 344 g/mol. The number of nitrogens with one attached hydrogen (secondary N) is 1. The average molecular weight is 346 g/mol. The van der Waals surface area contributed by atoms with E-state index < -0.39 is 0 Å². The first-order valence-corrected chi connectivity index (χ1v) is 7.67. The summed E-state index contributed by atoms with van der Waals surface area (Å²) >= 11 is 8.12. The van der Waals surface area contributed by atoms with Gasteiger partial charge in [0, 0.05) is 37.1 Å². The van der Waals surface area contributed by atoms with Crippen LogP contribution in [0.5, 0.6) is 0 Å². The van der Waals surface area contributed by atoms with Crippen molar-refractivity contribution in [3.05, 3.63) is 21.3 Å². The molecule has 0 radical (unpaired) electrons. The third kappa shape index (κ3) is 4.76. The zero-order valence-corrected chi connectivity index (χ0v) is 14.6. The van der Waals surface area contributed by atoms with Crippen molar-refractivity contribution in [3.63, 3.8) is 0 Å². The minimum Gasteiger partial charge on any atom is -0.314 e. The van der Waals surface area contributed by atoms with Crippen molar-refractivity contribution in [1.82, 2.24) is 10.2 Å². The highest BCUT2D eigenvalue weighted by atomic mass is 35.5. The summed E-state index contributed by atoms with van der Waals surface area (Å²) in [5.41, 5.74) is 0. The second kappa shape index (κ2) is 9.43. The molecule has 1 aromatic heterocycles. The molecule has 112 valence electrons. The largest absolute Gasteiger partial charge is 0.314 e. The van der Waals surface area contributed by atoms with Crippen LogP contribution in [0.4, 0.5) is 0 Å². The molecule has 1 aromatic rings. The fourth-order valence-corrected chi connectivity index (χ4v) is 3.92. The van der Waals surface area contributed by atoms with Crippen LogP contribution in [0.3, 0.4) is 0 Å². The standard InChI is InChI=1S/C13H21ClN2S.2ClH/c1-3-10(2)12(13-11(14)4-9-17-13)16-7-5-15-6-8-16;;/h4,9-10,12,15H,3,5-8H2,1-2H3;2*1H/t10?,12-;;/m1../s1. The van der Waals surface area contributed by atoms with E-state index in [0.717, 1.165) is 31.2 Å². The van der Waals surface area contributed by atoms with Crippen molar-refractivity contribution in [2.75, 3.05) is 26.2 Å². The van der Waals surface area contributed by atoms with Crippen LogP contribution in [0.1, 0.15) is 31.2 Å². The summed E-state index contributed by atoms with van der Waals surface area (Å²) in [6, 6.07) is 2.52. The van der Waals surface area contributed by atoms with Gasteiger partial charge in [0.15, 0.2) is 0 Å². The van der Waals surface area contributed by atoms with Gasteiger partial charge in [-0.3, -0.25) is 4.90 Å². The van der Waals surface area contributed by atoms with E-state index in [4.69, 9.17) is 11.6 Å². The van der Waals surface area contributed by atoms with Crippen molar-refractivity contribution in [2.24, 2.45) is 5.92 Å². The maximum absolute atomic E-state index is 6.32. The molecule has 1 aliphatic heterocycles. The third-order valence-electron chi connectivity index (χ3n) is 3.64. The molecule has 2 atom stereocenters. The molecule has 6 heteroatoms. The van der Waals surface area contributed by atoms with Crippen LogP contribution < -0.4 is 5.32 Å². The molecule has 1 saturated heterocycles. The van der Waals surface area contributed by atoms with Crippen molar-refractivity contribution < 1.29 is 0 Å². The molecular weight excluding hydrogens is 323 g/mol. The molecule has 1 aliphatic rings. The lowest BCUT2D eigenvalue weighted by atomic mass is 9.95. The van der Waals surface area contributed by atoms with Crippen molar-refractivity contribution >= 4 is 47.8 Å². The summed E-state index contributed by atoms with van der Waals surface area (Å²) in [4.78, 5) is 3.94. The molecule has 0 amide bonds. The molecule has 0 aliphatic carbocycles. The van der Waals surface area contributed by atoms with Gasteiger partial charge in [-0.25, -0.2) is 0 Å². The van der Waals surface area contributed by atoms with E-state index in [-0.39, 0.29) is 24.8 Å². The Balaban J connectivity index is 0.00000162. The fraction of sp³-hybridized carbons (Fsp3) is 0.692. The van der Waals surface area contributed by atoms with Gasteiger partial charge in [0.05, 0.1) is 5.02 Å². The lowest BCUT2D eigenvalue weighted by molar-refractivity contribution is 0.131. The van der Waals surface area contributed by atoms with Gasteiger partial charge in [0.25, 0.3) is 0 Å². The van der Waals surface area contributed by atoms with Gasteiger partial charge in [-0.2, -0.15) is 0 Å². The summed E-state index contributed by atoms with van der Waals surface area (Å²) in [7, 11) is 0. The highest BCUT2D eigenvalue weighted by Gasteiger charge is 2.28. The lowest BCUT2D eigenvalue weighted by Crippen LogP contribution is -2.46. The van der Waals surface area contributed by atoms with Gasteiger partial charge < -0.3 is 5.32 Å². The van der Waals surface area contributed by atoms with Crippen LogP contribution >= 0.6 is 47.8 Å². The maximum atomic E-state index is 6.32. The Morgan fingerprint density at radius 1 is 1.37 bits per heavy atom. The van der Waals surface area contributed by atoms with E-state index in [2.05, 4.69) is 29.4 Å². The van der Waals surface area contributed by atoms with E-state index in [0.29, 0.717) is 12.0 Å². The van der Waals surface area contributed by atoms with Crippen molar-refractivity contribution in [2.45, 2.75) is 26.3 Å². The summed E-state index contributed by atoms with van der Waals surface area (Å²) in [5, 5.41) is 6.46. The fourth-order valence-electron chi connectivity index (χ4n) is 2.48. The molecule has 0 aromatic carbocycles. The van der Waals surface area contributed by atoms with Gasteiger partial charge in [-0.1, -0.05) is 31.9 Å². The molecule has 1 N–H and O–H groups in total. The van der Waals surface area contributed by atoms with E-state index in [1.807, 2.05) is 6.07 Å². The highest BCUT2D eigenvalue weighted by molar-refractivity contribution is 7.10. The van der Waals surface area contributed by atoms with Gasteiger partial charge in [-0.15, -0.1) is 36.2 Å². The Kier molecular flexibility index (Phi) is 9.67. The first kappa shape index (κ1) is 19.5. The predicted octanol–water partition coefficient (Wildman–Crippen LogP) is 4.24. The summed E-state index contributed by atoms with van der Waals surface area (Å²) in [6.07, 6.45) is 1.20. The number of thiophene rings is 1. The molecule has 2 heterocycles. The van der Waals surface area contributed by atoms with Crippen LogP contribution in [-0.2, 0) is 0 Å². The van der Waals surface area contributed by atoms with Gasteiger partial charge >= 0.3 is 0 Å². The molecule has 2 nitrogen and oxygen atoms in total. The van der Waals surface area contributed by atoms with Crippen molar-refractivity contribution in [1.29, 1.82) is 0 Å². The Bertz CT molecular complexity index is 353. The average Bonchev–Trinajstić information content (AvgIpc) is 2.77. The molecule has 1 fully saturated rings. The SMILES string of the molecule is CCC(C)[C@H](c1sccc1Cl)N1CCNCC1.Cl.Cl. The number of piperazine rings is 1. The minimum atomic E-state index is 0. The van der Waals surface area contributed by atoms with Crippen LogP contribution in [0.2, 0.25) is 5.02 Å². The number of nitrogens with zero attached hydrogens (tertiary/aromatic N) is 1. The molecule has 0 spiro atoms. The molecule has 2 rings (SSSR count). The smallest absolute Gasteiger partial charge is 0.0561 e. The minimum absolute atomic E-state index is 0. The van der Waals surface area contributed by atoms with Crippen LogP contribution in [0.25, 0.3) is 0 Å². The van der Waals surface area contributed by atoms with E-state index in [1.54, 1.807) is 11.3 Å². The summed E-state index contributed by atoms with van der Waals surface area (Å²) in [6.45, 7) is 9.04. The first-order chi connectivity index (χ1) is 8.24. The lowest BCUT2D eigenvalue weighted by Gasteiger charge is -2.37. The Morgan fingerprint density at radius 2 is 2.00 bits per heavy atom. The van der Waals surface area contributed by atoms with E-state index in [9.17, 15) is 0 Å². The first-order valence-electron chi connectivity index (χ1n) is 6.41. The normalized spacial score (nSPS) is 19.1. The highest BCUT2D eigenvalue weighted by Crippen LogP contribution is 2.38. The number of hydrogen-bond acceptors (Lipinski definition) is 3. The number of halogens is 3. The summed E-state index contributed by atoms with van der Waals surface area (Å²) in [5.74, 6) is 0.657. The zero-order valence-electron chi connectivity index (χ0n) is 11.4. The van der Waals surface area contributed by atoms with Gasteiger partial charge in [0.1, 0.15) is 0 Å². The van der Waals surface area contributed by atoms with E-state index >= 15 is 0 Å². The Morgan fingerprint density at radius 3 is 2.47 bits per heavy atom. The van der Waals surface area contributed by atoms with Crippen molar-refractivity contribution in [3.8, 4) is 0 Å². The van der Waals surface area contributed by atoms with Gasteiger partial charge in [0.2, 0.25) is 0 Å². The topological polar surface area (TPSA) is 15.3 Å². The second-order valence-electron chi connectivity index (χ2n) is 4.75. The van der Waals surface area contributed by atoms with E-state index in [1.165, 1.54) is 11.3 Å². The number of hydrogen-bond donors (Lipinski definition) is 1.